The van der Waals surface area contributed by atoms with E-state index < -0.39 is 0 Å². The van der Waals surface area contributed by atoms with E-state index >= 15 is 0 Å². The molecule has 20 heavy (non-hydrogen) atoms. The van der Waals surface area contributed by atoms with Crippen LogP contribution in [0.3, 0.4) is 0 Å². The Bertz CT molecular complexity index is 635. The topological polar surface area (TPSA) is 47.3 Å². The Kier molecular flexibility index (Phi) is 5.02. The molecule has 0 bridgehead atoms. The lowest BCUT2D eigenvalue weighted by Gasteiger charge is -2.12. The molecule has 0 aliphatic heterocycles. The lowest BCUT2D eigenvalue weighted by Crippen LogP contribution is -1.97. The summed E-state index contributed by atoms with van der Waals surface area (Å²) in [7, 11) is 0. The number of anilines is 3. The van der Waals surface area contributed by atoms with Gasteiger partial charge in [0, 0.05) is 28.0 Å². The molecule has 0 aromatic heterocycles. The fraction of sp³-hybridized carbons (Fsp3) is 0.143. The molecule has 2 aromatic carbocycles. The number of rotatable bonds is 4. The van der Waals surface area contributed by atoms with Gasteiger partial charge in [0.25, 0.3) is 0 Å². The summed E-state index contributed by atoms with van der Waals surface area (Å²) in [6, 6.07) is 9.08. The van der Waals surface area contributed by atoms with Crippen LogP contribution in [0.15, 0.2) is 34.8 Å². The summed E-state index contributed by atoms with van der Waals surface area (Å²) >= 11 is 15.6. The van der Waals surface area contributed by atoms with Gasteiger partial charge < -0.3 is 15.8 Å². The Morgan fingerprint density at radius 1 is 1.20 bits per heavy atom. The Morgan fingerprint density at radius 2 is 1.95 bits per heavy atom. The van der Waals surface area contributed by atoms with E-state index in [0.29, 0.717) is 33.8 Å². The zero-order valence-electron chi connectivity index (χ0n) is 10.7. The molecule has 3 nitrogen and oxygen atoms in total. The van der Waals surface area contributed by atoms with Gasteiger partial charge in [-0.2, -0.15) is 0 Å². The van der Waals surface area contributed by atoms with Crippen LogP contribution >= 0.6 is 39.1 Å². The highest BCUT2D eigenvalue weighted by Crippen LogP contribution is 2.37. The summed E-state index contributed by atoms with van der Waals surface area (Å²) in [5.74, 6) is 0.703. The second-order valence-corrected chi connectivity index (χ2v) is 5.68. The summed E-state index contributed by atoms with van der Waals surface area (Å²) in [6.07, 6.45) is 0. The molecule has 0 spiro atoms. The molecule has 0 saturated heterocycles. The van der Waals surface area contributed by atoms with E-state index in [0.717, 1.165) is 10.2 Å². The van der Waals surface area contributed by atoms with Crippen molar-refractivity contribution in [3.63, 3.8) is 0 Å². The zero-order valence-corrected chi connectivity index (χ0v) is 13.8. The first-order chi connectivity index (χ1) is 9.51. The molecule has 0 heterocycles. The Balaban J connectivity index is 2.32. The van der Waals surface area contributed by atoms with Crippen LogP contribution in [0.1, 0.15) is 6.92 Å². The van der Waals surface area contributed by atoms with Gasteiger partial charge in [0.05, 0.1) is 22.3 Å². The minimum absolute atomic E-state index is 0.446. The normalized spacial score (nSPS) is 10.4. The number of nitrogens with one attached hydrogen (secondary N) is 1. The molecular weight excluding hydrogens is 363 g/mol. The average Bonchev–Trinajstić information content (AvgIpc) is 2.39. The predicted octanol–water partition coefficient (Wildman–Crippen LogP) is 5.48. The maximum atomic E-state index is 6.20. The molecule has 6 heteroatoms. The van der Waals surface area contributed by atoms with Crippen LogP contribution in [0, 0.1) is 0 Å². The second kappa shape index (κ2) is 6.57. The molecule has 3 N–H and O–H groups in total. The van der Waals surface area contributed by atoms with E-state index in [4.69, 9.17) is 33.7 Å². The maximum absolute atomic E-state index is 6.20. The lowest BCUT2D eigenvalue weighted by molar-refractivity contribution is 0.340. The van der Waals surface area contributed by atoms with Gasteiger partial charge in [0.2, 0.25) is 0 Å². The Hall–Kier alpha value is -1.10. The van der Waals surface area contributed by atoms with Crippen molar-refractivity contribution in [1.29, 1.82) is 0 Å². The van der Waals surface area contributed by atoms with Gasteiger partial charge in [-0.05, 0) is 41.1 Å². The van der Waals surface area contributed by atoms with E-state index in [2.05, 4.69) is 21.2 Å². The molecular formula is C14H13BrCl2N2O. The van der Waals surface area contributed by atoms with Crippen LogP contribution in [0.25, 0.3) is 0 Å². The van der Waals surface area contributed by atoms with Crippen LogP contribution in [-0.4, -0.2) is 6.61 Å². The summed E-state index contributed by atoms with van der Waals surface area (Å²) in [5, 5.41) is 4.09. The number of hydrogen-bond acceptors (Lipinski definition) is 3. The van der Waals surface area contributed by atoms with E-state index in [9.17, 15) is 0 Å². The number of hydrogen-bond donors (Lipinski definition) is 2. The molecule has 0 aliphatic carbocycles. The monoisotopic (exact) mass is 374 g/mol. The standard InChI is InChI=1S/C14H13BrCl2N2O/c1-2-20-10-6-8(18)5-9(7-10)19-12-4-3-11(15)13(16)14(12)17/h3-7,19H,2,18H2,1H3. The number of nitrogen functional groups attached to an aromatic ring is 1. The SMILES string of the molecule is CCOc1cc(N)cc(Nc2ccc(Br)c(Cl)c2Cl)c1. The van der Waals surface area contributed by atoms with Crippen LogP contribution in [0.5, 0.6) is 5.75 Å². The van der Waals surface area contributed by atoms with Crippen LogP contribution in [0.2, 0.25) is 10.0 Å². The number of halogens is 3. The fourth-order valence-corrected chi connectivity index (χ4v) is 2.54. The van der Waals surface area contributed by atoms with Crippen LogP contribution in [0.4, 0.5) is 17.1 Å². The van der Waals surface area contributed by atoms with Crippen molar-refractivity contribution >= 4 is 56.2 Å². The van der Waals surface area contributed by atoms with Gasteiger partial charge in [-0.25, -0.2) is 0 Å². The molecule has 0 aliphatic rings. The highest BCUT2D eigenvalue weighted by molar-refractivity contribution is 9.10. The van der Waals surface area contributed by atoms with Crippen LogP contribution in [-0.2, 0) is 0 Å². The highest BCUT2D eigenvalue weighted by atomic mass is 79.9. The zero-order chi connectivity index (χ0) is 14.7. The first kappa shape index (κ1) is 15.3. The molecule has 106 valence electrons. The Morgan fingerprint density at radius 3 is 2.65 bits per heavy atom. The van der Waals surface area contributed by atoms with Crippen molar-refractivity contribution < 1.29 is 4.74 Å². The van der Waals surface area contributed by atoms with Gasteiger partial charge in [-0.3, -0.25) is 0 Å². The summed E-state index contributed by atoms with van der Waals surface area (Å²) in [4.78, 5) is 0. The van der Waals surface area contributed by atoms with Gasteiger partial charge in [0.15, 0.2) is 0 Å². The van der Waals surface area contributed by atoms with E-state index in [1.807, 2.05) is 25.1 Å². The largest absolute Gasteiger partial charge is 0.494 e. The molecule has 2 aromatic rings. The number of benzene rings is 2. The van der Waals surface area contributed by atoms with Crippen molar-refractivity contribution in [2.75, 3.05) is 17.7 Å². The first-order valence-corrected chi connectivity index (χ1v) is 7.50. The van der Waals surface area contributed by atoms with E-state index in [1.54, 1.807) is 12.1 Å². The summed E-state index contributed by atoms with van der Waals surface area (Å²) in [5.41, 5.74) is 7.95. The van der Waals surface area contributed by atoms with E-state index in [-0.39, 0.29) is 0 Å². The second-order valence-electron chi connectivity index (χ2n) is 4.07. The van der Waals surface area contributed by atoms with Gasteiger partial charge in [-0.15, -0.1) is 0 Å². The molecule has 0 saturated carbocycles. The first-order valence-electron chi connectivity index (χ1n) is 5.95. The quantitative estimate of drug-likeness (QED) is 0.549. The third-order valence-electron chi connectivity index (χ3n) is 2.55. The minimum atomic E-state index is 0.446. The smallest absolute Gasteiger partial charge is 0.123 e. The van der Waals surface area contributed by atoms with Crippen molar-refractivity contribution in [1.82, 2.24) is 0 Å². The average molecular weight is 376 g/mol. The predicted molar refractivity (Wildman–Crippen MR) is 89.5 cm³/mol. The number of ether oxygens (including phenoxy) is 1. The van der Waals surface area contributed by atoms with Crippen molar-refractivity contribution in [3.05, 3.63) is 44.8 Å². The molecule has 0 fully saturated rings. The molecule has 0 unspecified atom stereocenters. The third kappa shape index (κ3) is 3.51. The van der Waals surface area contributed by atoms with Gasteiger partial charge in [0.1, 0.15) is 5.75 Å². The van der Waals surface area contributed by atoms with Gasteiger partial charge in [-0.1, -0.05) is 23.2 Å². The van der Waals surface area contributed by atoms with Crippen molar-refractivity contribution in [2.24, 2.45) is 0 Å². The van der Waals surface area contributed by atoms with Gasteiger partial charge >= 0.3 is 0 Å². The molecule has 0 radical (unpaired) electrons. The van der Waals surface area contributed by atoms with Crippen LogP contribution < -0.4 is 15.8 Å². The maximum Gasteiger partial charge on any atom is 0.123 e. The van der Waals surface area contributed by atoms with Crippen molar-refractivity contribution in [3.8, 4) is 5.75 Å². The van der Waals surface area contributed by atoms with E-state index in [1.165, 1.54) is 0 Å². The number of nitrogens with two attached hydrogens (primary N) is 1. The molecule has 2 rings (SSSR count). The third-order valence-corrected chi connectivity index (χ3v) is 4.33. The fourth-order valence-electron chi connectivity index (χ4n) is 1.72. The summed E-state index contributed by atoms with van der Waals surface area (Å²) in [6.45, 7) is 2.50. The van der Waals surface area contributed by atoms with Crippen molar-refractivity contribution in [2.45, 2.75) is 6.92 Å². The molecule has 0 amide bonds. The highest BCUT2D eigenvalue weighted by Gasteiger charge is 2.09. The summed E-state index contributed by atoms with van der Waals surface area (Å²) < 4.78 is 6.20. The molecule has 0 atom stereocenters. The minimum Gasteiger partial charge on any atom is -0.494 e. The Labute approximate surface area is 136 Å². The lowest BCUT2D eigenvalue weighted by atomic mass is 10.2.